The number of nitrogens with two attached hydrogens (primary N) is 1. The molecule has 0 spiro atoms. The molecule has 2 rings (SSSR count). The molecule has 1 aromatic carbocycles. The smallest absolute Gasteiger partial charge is 0.186 e. The summed E-state index contributed by atoms with van der Waals surface area (Å²) in [6.45, 7) is 2.42. The Morgan fingerprint density at radius 2 is 2.00 bits per heavy atom. The molecule has 0 amide bonds. The van der Waals surface area contributed by atoms with Crippen LogP contribution in [0.4, 0.5) is 10.2 Å². The molecule has 0 saturated heterocycles. The maximum atomic E-state index is 13.9. The fourth-order valence-electron chi connectivity index (χ4n) is 1.99. The number of hydrogen-bond donors (Lipinski definition) is 2. The average Bonchev–Trinajstić information content (AvgIpc) is 2.49. The second kappa shape index (κ2) is 6.96. The molecular formula is C15H19FN4. The second-order valence-electron chi connectivity index (χ2n) is 4.57. The van der Waals surface area contributed by atoms with E-state index >= 15 is 0 Å². The molecule has 106 valence electrons. The van der Waals surface area contributed by atoms with E-state index in [0.717, 1.165) is 5.56 Å². The zero-order valence-electron chi connectivity index (χ0n) is 11.5. The highest BCUT2D eigenvalue weighted by molar-refractivity contribution is 5.37. The Morgan fingerprint density at radius 1 is 1.25 bits per heavy atom. The minimum Gasteiger partial charge on any atom is -0.367 e. The summed E-state index contributed by atoms with van der Waals surface area (Å²) in [7, 11) is 0. The van der Waals surface area contributed by atoms with Gasteiger partial charge in [0.25, 0.3) is 0 Å². The van der Waals surface area contributed by atoms with Crippen LogP contribution < -0.4 is 11.1 Å². The van der Waals surface area contributed by atoms with Crippen molar-refractivity contribution in [2.75, 3.05) is 11.9 Å². The molecule has 1 heterocycles. The Balaban J connectivity index is 1.90. The molecule has 0 aliphatic rings. The molecule has 0 bridgehead atoms. The van der Waals surface area contributed by atoms with E-state index in [1.165, 1.54) is 6.33 Å². The lowest BCUT2D eigenvalue weighted by Gasteiger charge is -2.13. The van der Waals surface area contributed by atoms with Crippen molar-refractivity contribution in [3.63, 3.8) is 0 Å². The number of benzene rings is 1. The second-order valence-corrected chi connectivity index (χ2v) is 4.57. The van der Waals surface area contributed by atoms with Gasteiger partial charge in [-0.2, -0.15) is 0 Å². The van der Waals surface area contributed by atoms with Gasteiger partial charge in [0, 0.05) is 12.6 Å². The van der Waals surface area contributed by atoms with Crippen LogP contribution in [0.15, 0.2) is 36.7 Å². The molecule has 0 aliphatic heterocycles. The number of halogens is 1. The van der Waals surface area contributed by atoms with Crippen molar-refractivity contribution in [3.05, 3.63) is 53.7 Å². The maximum absolute atomic E-state index is 13.9. The van der Waals surface area contributed by atoms with Gasteiger partial charge in [0.15, 0.2) is 11.6 Å². The Bertz CT molecular complexity index is 545. The van der Waals surface area contributed by atoms with Crippen LogP contribution in [-0.4, -0.2) is 16.5 Å². The van der Waals surface area contributed by atoms with E-state index in [1.54, 1.807) is 0 Å². The predicted octanol–water partition coefficient (Wildman–Crippen LogP) is 2.68. The van der Waals surface area contributed by atoms with Gasteiger partial charge in [-0.15, -0.1) is 0 Å². The number of anilines is 1. The van der Waals surface area contributed by atoms with Crippen LogP contribution >= 0.6 is 0 Å². The van der Waals surface area contributed by atoms with Crippen LogP contribution in [0.1, 0.15) is 30.6 Å². The molecule has 0 aliphatic carbocycles. The van der Waals surface area contributed by atoms with Crippen molar-refractivity contribution >= 4 is 5.82 Å². The van der Waals surface area contributed by atoms with E-state index in [-0.39, 0.29) is 17.7 Å². The Hall–Kier alpha value is -2.01. The summed E-state index contributed by atoms with van der Waals surface area (Å²) in [5.41, 5.74) is 7.59. The number of nitrogens with one attached hydrogen (secondary N) is 1. The highest BCUT2D eigenvalue weighted by Crippen LogP contribution is 2.16. The van der Waals surface area contributed by atoms with E-state index in [0.29, 0.717) is 25.1 Å². The van der Waals surface area contributed by atoms with Crippen molar-refractivity contribution in [2.45, 2.75) is 25.8 Å². The average molecular weight is 274 g/mol. The van der Waals surface area contributed by atoms with Gasteiger partial charge in [-0.3, -0.25) is 0 Å². The van der Waals surface area contributed by atoms with E-state index in [2.05, 4.69) is 15.3 Å². The third-order valence-corrected chi connectivity index (χ3v) is 3.17. The number of nitrogens with zero attached hydrogens (tertiary/aromatic N) is 2. The first-order chi connectivity index (χ1) is 9.72. The van der Waals surface area contributed by atoms with Gasteiger partial charge in [0.1, 0.15) is 6.33 Å². The van der Waals surface area contributed by atoms with Crippen LogP contribution in [0.5, 0.6) is 0 Å². The van der Waals surface area contributed by atoms with Crippen molar-refractivity contribution in [1.82, 2.24) is 9.97 Å². The summed E-state index contributed by atoms with van der Waals surface area (Å²) in [6.07, 6.45) is 2.63. The van der Waals surface area contributed by atoms with Gasteiger partial charge in [-0.25, -0.2) is 14.4 Å². The van der Waals surface area contributed by atoms with E-state index in [9.17, 15) is 4.39 Å². The first kappa shape index (κ1) is 14.4. The molecule has 2 aromatic rings. The fraction of sp³-hybridized carbons (Fsp3) is 0.333. The minimum absolute atomic E-state index is 0.0701. The van der Waals surface area contributed by atoms with E-state index < -0.39 is 0 Å². The van der Waals surface area contributed by atoms with Crippen LogP contribution in [0.3, 0.4) is 0 Å². The molecule has 1 atom stereocenters. The SMILES string of the molecule is CCc1ncnc(NCCC(N)c2ccccc2)c1F. The van der Waals surface area contributed by atoms with Gasteiger partial charge >= 0.3 is 0 Å². The molecule has 0 radical (unpaired) electrons. The van der Waals surface area contributed by atoms with Gasteiger partial charge in [-0.1, -0.05) is 37.3 Å². The van der Waals surface area contributed by atoms with Gasteiger partial charge < -0.3 is 11.1 Å². The zero-order valence-corrected chi connectivity index (χ0v) is 11.5. The van der Waals surface area contributed by atoms with Crippen molar-refractivity contribution in [1.29, 1.82) is 0 Å². The quantitative estimate of drug-likeness (QED) is 0.850. The van der Waals surface area contributed by atoms with E-state index in [1.807, 2.05) is 37.3 Å². The third kappa shape index (κ3) is 3.51. The largest absolute Gasteiger partial charge is 0.367 e. The zero-order chi connectivity index (χ0) is 14.4. The van der Waals surface area contributed by atoms with Crippen molar-refractivity contribution in [2.24, 2.45) is 5.73 Å². The first-order valence-electron chi connectivity index (χ1n) is 6.76. The number of aryl methyl sites for hydroxylation is 1. The molecule has 0 saturated carbocycles. The lowest BCUT2D eigenvalue weighted by atomic mass is 10.1. The predicted molar refractivity (Wildman–Crippen MR) is 77.8 cm³/mol. The van der Waals surface area contributed by atoms with Gasteiger partial charge in [-0.05, 0) is 18.4 Å². The lowest BCUT2D eigenvalue weighted by molar-refractivity contribution is 0.593. The van der Waals surface area contributed by atoms with Crippen LogP contribution in [0, 0.1) is 5.82 Å². The maximum Gasteiger partial charge on any atom is 0.186 e. The molecule has 4 nitrogen and oxygen atoms in total. The Kier molecular flexibility index (Phi) is 5.01. The van der Waals surface area contributed by atoms with Gasteiger partial charge in [0.05, 0.1) is 5.69 Å². The first-order valence-corrected chi connectivity index (χ1v) is 6.76. The molecule has 0 fully saturated rings. The van der Waals surface area contributed by atoms with Gasteiger partial charge in [0.2, 0.25) is 0 Å². The summed E-state index contributed by atoms with van der Waals surface area (Å²) in [5, 5.41) is 2.98. The minimum atomic E-state index is -0.372. The number of hydrogen-bond acceptors (Lipinski definition) is 4. The summed E-state index contributed by atoms with van der Waals surface area (Å²) < 4.78 is 13.9. The Morgan fingerprint density at radius 3 is 2.70 bits per heavy atom. The van der Waals surface area contributed by atoms with Crippen LogP contribution in [-0.2, 0) is 6.42 Å². The van der Waals surface area contributed by atoms with Crippen LogP contribution in [0.25, 0.3) is 0 Å². The molecule has 1 unspecified atom stereocenters. The summed E-state index contributed by atoms with van der Waals surface area (Å²) in [4.78, 5) is 7.82. The third-order valence-electron chi connectivity index (χ3n) is 3.17. The summed E-state index contributed by atoms with van der Waals surface area (Å²) >= 11 is 0. The number of aromatic nitrogens is 2. The van der Waals surface area contributed by atoms with Crippen molar-refractivity contribution < 1.29 is 4.39 Å². The van der Waals surface area contributed by atoms with Crippen molar-refractivity contribution in [3.8, 4) is 0 Å². The van der Waals surface area contributed by atoms with E-state index in [4.69, 9.17) is 5.73 Å². The molecule has 3 N–H and O–H groups in total. The highest BCUT2D eigenvalue weighted by Gasteiger charge is 2.10. The standard InChI is InChI=1S/C15H19FN4/c1-2-13-14(16)15(20-10-19-13)18-9-8-12(17)11-6-4-3-5-7-11/h3-7,10,12H,2,8-9,17H2,1H3,(H,18,19,20). The topological polar surface area (TPSA) is 63.8 Å². The molecule has 5 heteroatoms. The Labute approximate surface area is 118 Å². The normalized spacial score (nSPS) is 12.2. The summed E-state index contributed by atoms with van der Waals surface area (Å²) in [5.74, 6) is -0.125. The highest BCUT2D eigenvalue weighted by atomic mass is 19.1. The molecular weight excluding hydrogens is 255 g/mol. The van der Waals surface area contributed by atoms with Crippen LogP contribution in [0.2, 0.25) is 0 Å². The summed E-state index contributed by atoms with van der Waals surface area (Å²) in [6, 6.07) is 9.78. The molecule has 20 heavy (non-hydrogen) atoms. The molecule has 1 aromatic heterocycles. The number of rotatable bonds is 6. The monoisotopic (exact) mass is 274 g/mol. The fourth-order valence-corrected chi connectivity index (χ4v) is 1.99. The lowest BCUT2D eigenvalue weighted by Crippen LogP contribution is -2.16.